The van der Waals surface area contributed by atoms with Crippen molar-refractivity contribution in [3.8, 4) is 0 Å². The highest BCUT2D eigenvalue weighted by atomic mass is 79.9. The molecule has 1 aromatic rings. The Labute approximate surface area is 131 Å². The molecule has 1 aromatic carbocycles. The normalized spacial score (nSPS) is 26.1. The van der Waals surface area contributed by atoms with Gasteiger partial charge in [-0.1, -0.05) is 0 Å². The predicted octanol–water partition coefficient (Wildman–Crippen LogP) is 4.12. The molecule has 0 aliphatic heterocycles. The molecule has 3 nitrogen and oxygen atoms in total. The second-order valence-electron chi connectivity index (χ2n) is 4.78. The number of ether oxygens (including phenoxy) is 2. The molecule has 2 rings (SSSR count). The molecule has 0 bridgehead atoms. The van der Waals surface area contributed by atoms with Gasteiger partial charge in [0, 0.05) is 22.7 Å². The predicted molar refractivity (Wildman–Crippen MR) is 84.8 cm³/mol. The average Bonchev–Trinajstić information content (AvgIpc) is 2.31. The van der Waals surface area contributed by atoms with Gasteiger partial charge < -0.3 is 14.8 Å². The van der Waals surface area contributed by atoms with E-state index < -0.39 is 0 Å². The van der Waals surface area contributed by atoms with Gasteiger partial charge >= 0.3 is 0 Å². The Balaban J connectivity index is 2.07. The van der Waals surface area contributed by atoms with Gasteiger partial charge in [0.1, 0.15) is 6.10 Å². The van der Waals surface area contributed by atoms with Gasteiger partial charge in [-0.3, -0.25) is 0 Å². The van der Waals surface area contributed by atoms with Gasteiger partial charge in [-0.05, 0) is 69.8 Å². The van der Waals surface area contributed by atoms with Gasteiger partial charge in [0.05, 0.1) is 17.8 Å². The zero-order valence-corrected chi connectivity index (χ0v) is 14.5. The third kappa shape index (κ3) is 3.32. The molecule has 0 spiro atoms. The van der Waals surface area contributed by atoms with Crippen LogP contribution in [0.3, 0.4) is 0 Å². The van der Waals surface area contributed by atoms with Crippen LogP contribution < -0.4 is 5.32 Å². The van der Waals surface area contributed by atoms with Crippen molar-refractivity contribution in [3.05, 3.63) is 26.6 Å². The SMILES string of the molecule is CCOC1CC(Nc2c(Br)cc(C)cc2Br)C1OC. The second-order valence-corrected chi connectivity index (χ2v) is 6.49. The molecule has 106 valence electrons. The van der Waals surface area contributed by atoms with Crippen molar-refractivity contribution >= 4 is 37.5 Å². The molecule has 0 heterocycles. The molecule has 1 aliphatic rings. The van der Waals surface area contributed by atoms with E-state index in [9.17, 15) is 0 Å². The van der Waals surface area contributed by atoms with Crippen LogP contribution >= 0.6 is 31.9 Å². The maximum Gasteiger partial charge on any atom is 0.103 e. The summed E-state index contributed by atoms with van der Waals surface area (Å²) in [4.78, 5) is 0. The average molecular weight is 393 g/mol. The van der Waals surface area contributed by atoms with E-state index in [4.69, 9.17) is 9.47 Å². The smallest absolute Gasteiger partial charge is 0.103 e. The maximum atomic E-state index is 5.64. The van der Waals surface area contributed by atoms with Gasteiger partial charge in [0.25, 0.3) is 0 Å². The molecule has 0 radical (unpaired) electrons. The van der Waals surface area contributed by atoms with Gasteiger partial charge in [0.15, 0.2) is 0 Å². The van der Waals surface area contributed by atoms with Crippen LogP contribution in [0, 0.1) is 6.92 Å². The number of nitrogens with one attached hydrogen (secondary N) is 1. The lowest BCUT2D eigenvalue weighted by atomic mass is 9.85. The number of benzene rings is 1. The van der Waals surface area contributed by atoms with Crippen LogP contribution in [-0.4, -0.2) is 32.0 Å². The summed E-state index contributed by atoms with van der Waals surface area (Å²) in [6.07, 6.45) is 1.29. The number of halogens is 2. The van der Waals surface area contributed by atoms with E-state index in [0.29, 0.717) is 0 Å². The lowest BCUT2D eigenvalue weighted by Gasteiger charge is -2.44. The zero-order chi connectivity index (χ0) is 14.0. The summed E-state index contributed by atoms with van der Waals surface area (Å²) in [5, 5.41) is 3.53. The molecule has 0 amide bonds. The van der Waals surface area contributed by atoms with Crippen molar-refractivity contribution in [2.75, 3.05) is 19.0 Å². The van der Waals surface area contributed by atoms with Crippen molar-refractivity contribution in [2.45, 2.75) is 38.5 Å². The van der Waals surface area contributed by atoms with Crippen LogP contribution in [-0.2, 0) is 9.47 Å². The Morgan fingerprint density at radius 2 is 1.95 bits per heavy atom. The third-order valence-corrected chi connectivity index (χ3v) is 4.67. The monoisotopic (exact) mass is 391 g/mol. The largest absolute Gasteiger partial charge is 0.378 e. The van der Waals surface area contributed by atoms with Crippen molar-refractivity contribution in [3.63, 3.8) is 0 Å². The fraction of sp³-hybridized carbons (Fsp3) is 0.571. The summed E-state index contributed by atoms with van der Waals surface area (Å²) >= 11 is 7.21. The van der Waals surface area contributed by atoms with Gasteiger partial charge in [0.2, 0.25) is 0 Å². The number of rotatable bonds is 5. The van der Waals surface area contributed by atoms with E-state index >= 15 is 0 Å². The Bertz CT molecular complexity index is 430. The summed E-state index contributed by atoms with van der Waals surface area (Å²) in [6, 6.07) is 4.50. The molecule has 1 fully saturated rings. The Hall–Kier alpha value is -0.100. The van der Waals surface area contributed by atoms with Crippen molar-refractivity contribution < 1.29 is 9.47 Å². The van der Waals surface area contributed by atoms with E-state index in [0.717, 1.165) is 27.7 Å². The number of hydrogen-bond acceptors (Lipinski definition) is 3. The first-order valence-corrected chi connectivity index (χ1v) is 8.02. The molecule has 3 atom stereocenters. The minimum Gasteiger partial charge on any atom is -0.378 e. The zero-order valence-electron chi connectivity index (χ0n) is 11.4. The highest BCUT2D eigenvalue weighted by Crippen LogP contribution is 2.37. The van der Waals surface area contributed by atoms with Crippen LogP contribution in [0.1, 0.15) is 18.9 Å². The second kappa shape index (κ2) is 6.57. The van der Waals surface area contributed by atoms with E-state index in [2.05, 4.69) is 56.2 Å². The van der Waals surface area contributed by atoms with Crippen LogP contribution in [0.15, 0.2) is 21.1 Å². The van der Waals surface area contributed by atoms with Crippen LogP contribution in [0.5, 0.6) is 0 Å². The first-order valence-electron chi connectivity index (χ1n) is 6.43. The minimum absolute atomic E-state index is 0.111. The molecule has 5 heteroatoms. The summed E-state index contributed by atoms with van der Waals surface area (Å²) in [5.74, 6) is 0. The summed E-state index contributed by atoms with van der Waals surface area (Å²) in [6.45, 7) is 4.82. The number of hydrogen-bond donors (Lipinski definition) is 1. The van der Waals surface area contributed by atoms with Gasteiger partial charge in [-0.25, -0.2) is 0 Å². The molecule has 19 heavy (non-hydrogen) atoms. The fourth-order valence-corrected chi connectivity index (χ4v) is 4.08. The molecule has 3 unspecified atom stereocenters. The Morgan fingerprint density at radius 3 is 2.47 bits per heavy atom. The fourth-order valence-electron chi connectivity index (χ4n) is 2.44. The lowest BCUT2D eigenvalue weighted by molar-refractivity contribution is -0.118. The van der Waals surface area contributed by atoms with Crippen molar-refractivity contribution in [1.82, 2.24) is 0 Å². The van der Waals surface area contributed by atoms with E-state index in [-0.39, 0.29) is 18.2 Å². The number of methoxy groups -OCH3 is 1. The highest BCUT2D eigenvalue weighted by molar-refractivity contribution is 9.11. The first-order chi connectivity index (χ1) is 9.06. The van der Waals surface area contributed by atoms with Crippen molar-refractivity contribution in [1.29, 1.82) is 0 Å². The minimum atomic E-state index is 0.111. The molecule has 0 aromatic heterocycles. The lowest BCUT2D eigenvalue weighted by Crippen LogP contribution is -2.56. The maximum absolute atomic E-state index is 5.64. The third-order valence-electron chi connectivity index (χ3n) is 3.42. The van der Waals surface area contributed by atoms with Crippen LogP contribution in [0.2, 0.25) is 0 Å². The number of anilines is 1. The van der Waals surface area contributed by atoms with Gasteiger partial charge in [-0.15, -0.1) is 0 Å². The topological polar surface area (TPSA) is 30.5 Å². The standard InChI is InChI=1S/C14H19Br2NO2/c1-4-19-12-7-11(14(12)18-3)17-13-9(15)5-8(2)6-10(13)16/h5-6,11-12,14,17H,4,7H2,1-3H3. The summed E-state index contributed by atoms with van der Waals surface area (Å²) < 4.78 is 13.3. The Morgan fingerprint density at radius 1 is 1.32 bits per heavy atom. The van der Waals surface area contributed by atoms with Crippen LogP contribution in [0.25, 0.3) is 0 Å². The van der Waals surface area contributed by atoms with E-state index in [1.807, 2.05) is 6.92 Å². The van der Waals surface area contributed by atoms with Crippen LogP contribution in [0.4, 0.5) is 5.69 Å². The molecule has 0 saturated heterocycles. The van der Waals surface area contributed by atoms with E-state index in [1.165, 1.54) is 5.56 Å². The molecule has 1 saturated carbocycles. The molecule has 1 aliphatic carbocycles. The molecule has 1 N–H and O–H groups in total. The van der Waals surface area contributed by atoms with Crippen molar-refractivity contribution in [2.24, 2.45) is 0 Å². The highest BCUT2D eigenvalue weighted by Gasteiger charge is 2.42. The quantitative estimate of drug-likeness (QED) is 0.817. The van der Waals surface area contributed by atoms with Gasteiger partial charge in [-0.2, -0.15) is 0 Å². The Kier molecular flexibility index (Phi) is 5.29. The number of aryl methyl sites for hydroxylation is 1. The first kappa shape index (κ1) is 15.3. The summed E-state index contributed by atoms with van der Waals surface area (Å²) in [5.41, 5.74) is 2.29. The summed E-state index contributed by atoms with van der Waals surface area (Å²) in [7, 11) is 1.74. The molecular weight excluding hydrogens is 374 g/mol. The van der Waals surface area contributed by atoms with E-state index in [1.54, 1.807) is 7.11 Å². The molecular formula is C14H19Br2NO2.